The van der Waals surface area contributed by atoms with Crippen LogP contribution in [0.2, 0.25) is 0 Å². The summed E-state index contributed by atoms with van der Waals surface area (Å²) in [6, 6.07) is 5.09. The Labute approximate surface area is 159 Å². The average molecular weight is 376 g/mol. The first-order valence-corrected chi connectivity index (χ1v) is 9.46. The summed E-state index contributed by atoms with van der Waals surface area (Å²) in [5.41, 5.74) is 0.937. The monoisotopic (exact) mass is 376 g/mol. The SMILES string of the molecule is COc1ccc(OC)c(C2CCCN2C(=O)CN(C2CC2)C(C)C(=O)O)c1. The van der Waals surface area contributed by atoms with E-state index in [2.05, 4.69) is 0 Å². The molecule has 2 fully saturated rings. The number of carbonyl (C=O) groups is 2. The number of carboxylic acid groups (broad SMARTS) is 1. The number of hydrogen-bond acceptors (Lipinski definition) is 5. The van der Waals surface area contributed by atoms with E-state index in [-0.39, 0.29) is 24.5 Å². The topological polar surface area (TPSA) is 79.3 Å². The molecule has 1 aliphatic carbocycles. The first kappa shape index (κ1) is 19.5. The Morgan fingerprint density at radius 3 is 2.59 bits per heavy atom. The number of ether oxygens (including phenoxy) is 2. The summed E-state index contributed by atoms with van der Waals surface area (Å²) in [5, 5.41) is 9.37. The Hall–Kier alpha value is -2.28. The number of carbonyl (C=O) groups excluding carboxylic acids is 1. The van der Waals surface area contributed by atoms with Crippen molar-refractivity contribution in [3.05, 3.63) is 23.8 Å². The van der Waals surface area contributed by atoms with E-state index in [4.69, 9.17) is 9.47 Å². The van der Waals surface area contributed by atoms with Gasteiger partial charge >= 0.3 is 5.97 Å². The van der Waals surface area contributed by atoms with E-state index in [1.165, 1.54) is 0 Å². The molecule has 1 aliphatic heterocycles. The van der Waals surface area contributed by atoms with Crippen molar-refractivity contribution in [2.24, 2.45) is 0 Å². The molecule has 2 unspecified atom stereocenters. The Balaban J connectivity index is 1.79. The molecule has 2 atom stereocenters. The lowest BCUT2D eigenvalue weighted by molar-refractivity contribution is -0.144. The zero-order valence-corrected chi connectivity index (χ0v) is 16.2. The summed E-state index contributed by atoms with van der Waals surface area (Å²) >= 11 is 0. The molecule has 7 nitrogen and oxygen atoms in total. The van der Waals surface area contributed by atoms with Crippen LogP contribution in [0.15, 0.2) is 18.2 Å². The van der Waals surface area contributed by atoms with Crippen molar-refractivity contribution in [3.63, 3.8) is 0 Å². The molecule has 1 aromatic carbocycles. The predicted molar refractivity (Wildman–Crippen MR) is 100 cm³/mol. The summed E-state index contributed by atoms with van der Waals surface area (Å²) < 4.78 is 10.8. The zero-order valence-electron chi connectivity index (χ0n) is 16.2. The number of rotatable bonds is 8. The third-order valence-electron chi connectivity index (χ3n) is 5.56. The van der Waals surface area contributed by atoms with Crippen LogP contribution in [0.1, 0.15) is 44.2 Å². The van der Waals surface area contributed by atoms with E-state index in [0.717, 1.165) is 42.7 Å². The highest BCUT2D eigenvalue weighted by molar-refractivity contribution is 5.81. The average Bonchev–Trinajstić information content (AvgIpc) is 3.40. The lowest BCUT2D eigenvalue weighted by Gasteiger charge is -2.31. The molecule has 0 spiro atoms. The lowest BCUT2D eigenvalue weighted by Crippen LogP contribution is -2.47. The van der Waals surface area contributed by atoms with Crippen molar-refractivity contribution in [2.45, 2.75) is 50.7 Å². The number of likely N-dealkylation sites (tertiary alicyclic amines) is 1. The van der Waals surface area contributed by atoms with Gasteiger partial charge in [0.2, 0.25) is 5.91 Å². The second-order valence-electron chi connectivity index (χ2n) is 7.27. The summed E-state index contributed by atoms with van der Waals surface area (Å²) in [6.07, 6.45) is 3.68. The predicted octanol–water partition coefficient (Wildman–Crippen LogP) is 2.30. The summed E-state index contributed by atoms with van der Waals surface area (Å²) in [4.78, 5) is 28.2. The van der Waals surface area contributed by atoms with E-state index in [1.54, 1.807) is 21.1 Å². The van der Waals surface area contributed by atoms with Gasteiger partial charge in [-0.05, 0) is 50.8 Å². The molecule has 1 heterocycles. The second-order valence-corrected chi connectivity index (χ2v) is 7.27. The Kier molecular flexibility index (Phi) is 5.89. The second kappa shape index (κ2) is 8.17. The van der Waals surface area contributed by atoms with Gasteiger partial charge in [0.25, 0.3) is 0 Å². The van der Waals surface area contributed by atoms with Crippen molar-refractivity contribution in [2.75, 3.05) is 27.3 Å². The summed E-state index contributed by atoms with van der Waals surface area (Å²) in [5.74, 6) is 0.548. The van der Waals surface area contributed by atoms with E-state index in [1.807, 2.05) is 28.0 Å². The van der Waals surface area contributed by atoms with Crippen LogP contribution in [0.4, 0.5) is 0 Å². The van der Waals surface area contributed by atoms with Crippen molar-refractivity contribution in [1.82, 2.24) is 9.80 Å². The molecule has 1 saturated carbocycles. The lowest BCUT2D eigenvalue weighted by atomic mass is 10.0. The Bertz CT molecular complexity index is 704. The largest absolute Gasteiger partial charge is 0.497 e. The summed E-state index contributed by atoms with van der Waals surface area (Å²) in [6.45, 7) is 2.46. The van der Waals surface area contributed by atoms with Gasteiger partial charge in [-0.3, -0.25) is 14.5 Å². The minimum atomic E-state index is -0.887. The number of nitrogens with zero attached hydrogens (tertiary/aromatic N) is 2. The number of aliphatic carboxylic acids is 1. The van der Waals surface area contributed by atoms with Gasteiger partial charge in [0.15, 0.2) is 0 Å². The molecule has 27 heavy (non-hydrogen) atoms. The van der Waals surface area contributed by atoms with Gasteiger partial charge in [-0.15, -0.1) is 0 Å². The number of carboxylic acids is 1. The van der Waals surface area contributed by atoms with Gasteiger partial charge in [0.05, 0.1) is 26.8 Å². The highest BCUT2D eigenvalue weighted by Crippen LogP contribution is 2.39. The third kappa shape index (κ3) is 4.18. The van der Waals surface area contributed by atoms with Gasteiger partial charge in [0, 0.05) is 18.2 Å². The van der Waals surface area contributed by atoms with Crippen molar-refractivity contribution >= 4 is 11.9 Å². The van der Waals surface area contributed by atoms with E-state index >= 15 is 0 Å². The van der Waals surface area contributed by atoms with Crippen molar-refractivity contribution in [3.8, 4) is 11.5 Å². The van der Waals surface area contributed by atoms with Crippen LogP contribution in [0, 0.1) is 0 Å². The molecule has 1 saturated heterocycles. The summed E-state index contributed by atoms with van der Waals surface area (Å²) in [7, 11) is 3.24. The highest BCUT2D eigenvalue weighted by atomic mass is 16.5. The van der Waals surface area contributed by atoms with Crippen LogP contribution >= 0.6 is 0 Å². The first-order valence-electron chi connectivity index (χ1n) is 9.46. The minimum Gasteiger partial charge on any atom is -0.497 e. The molecule has 1 N–H and O–H groups in total. The molecule has 1 aromatic rings. The van der Waals surface area contributed by atoms with Crippen molar-refractivity contribution < 1.29 is 24.2 Å². The third-order valence-corrected chi connectivity index (χ3v) is 5.56. The van der Waals surface area contributed by atoms with Crippen molar-refractivity contribution in [1.29, 1.82) is 0 Å². The molecular weight excluding hydrogens is 348 g/mol. The molecule has 7 heteroatoms. The molecule has 0 bridgehead atoms. The van der Waals surface area contributed by atoms with E-state index < -0.39 is 12.0 Å². The quantitative estimate of drug-likeness (QED) is 0.750. The van der Waals surface area contributed by atoms with Gasteiger partial charge in [-0.25, -0.2) is 0 Å². The number of benzene rings is 1. The zero-order chi connectivity index (χ0) is 19.6. The molecule has 1 amide bonds. The fourth-order valence-electron chi connectivity index (χ4n) is 3.87. The maximum Gasteiger partial charge on any atom is 0.320 e. The van der Waals surface area contributed by atoms with Crippen LogP contribution in [-0.2, 0) is 9.59 Å². The van der Waals surface area contributed by atoms with Crippen LogP contribution in [0.5, 0.6) is 11.5 Å². The fourth-order valence-corrected chi connectivity index (χ4v) is 3.87. The van der Waals surface area contributed by atoms with Crippen LogP contribution in [-0.4, -0.2) is 66.2 Å². The maximum absolute atomic E-state index is 13.1. The molecule has 2 aliphatic rings. The standard InChI is InChI=1S/C20H28N2O5/c1-13(20(24)25)22(14-6-7-14)12-19(23)21-10-4-5-17(21)16-11-15(26-2)8-9-18(16)27-3/h8-9,11,13-14,17H,4-7,10,12H2,1-3H3,(H,24,25). The smallest absolute Gasteiger partial charge is 0.320 e. The van der Waals surface area contributed by atoms with Gasteiger partial charge < -0.3 is 19.5 Å². The van der Waals surface area contributed by atoms with Gasteiger partial charge in [-0.2, -0.15) is 0 Å². The molecule has 3 rings (SSSR count). The fraction of sp³-hybridized carbons (Fsp3) is 0.600. The molecule has 148 valence electrons. The minimum absolute atomic E-state index is 0.0256. The number of hydrogen-bond donors (Lipinski definition) is 1. The van der Waals surface area contributed by atoms with Gasteiger partial charge in [-0.1, -0.05) is 0 Å². The Morgan fingerprint density at radius 2 is 2.00 bits per heavy atom. The Morgan fingerprint density at radius 1 is 1.26 bits per heavy atom. The first-order chi connectivity index (χ1) is 13.0. The number of methoxy groups -OCH3 is 2. The number of amides is 1. The van der Waals surface area contributed by atoms with Crippen LogP contribution in [0.3, 0.4) is 0 Å². The van der Waals surface area contributed by atoms with Gasteiger partial charge in [0.1, 0.15) is 17.5 Å². The highest BCUT2D eigenvalue weighted by Gasteiger charge is 2.39. The van der Waals surface area contributed by atoms with E-state index in [9.17, 15) is 14.7 Å². The molecule has 0 aromatic heterocycles. The van der Waals surface area contributed by atoms with Crippen LogP contribution in [0.25, 0.3) is 0 Å². The normalized spacial score (nSPS) is 20.6. The van der Waals surface area contributed by atoms with E-state index in [0.29, 0.717) is 6.54 Å². The molecule has 0 radical (unpaired) electrons. The maximum atomic E-state index is 13.1. The molecular formula is C20H28N2O5. The van der Waals surface area contributed by atoms with Crippen LogP contribution < -0.4 is 9.47 Å².